The second-order valence-electron chi connectivity index (χ2n) is 3.54. The minimum Gasteiger partial charge on any atom is -0.330 e. The number of nitrogens with zero attached hydrogens (tertiary/aromatic N) is 1. The molecule has 0 unspecified atom stereocenters. The Kier molecular flexibility index (Phi) is 2.92. The van der Waals surface area contributed by atoms with E-state index < -0.39 is 0 Å². The summed E-state index contributed by atoms with van der Waals surface area (Å²) in [5.41, 5.74) is 6.84. The minimum absolute atomic E-state index is 0.250. The van der Waals surface area contributed by atoms with Gasteiger partial charge in [-0.2, -0.15) is 0 Å². The highest BCUT2D eigenvalue weighted by molar-refractivity contribution is 5.79. The maximum absolute atomic E-state index is 13.6. The summed E-state index contributed by atoms with van der Waals surface area (Å²) in [6.45, 7) is 0.632. The van der Waals surface area contributed by atoms with E-state index in [1.807, 2.05) is 18.2 Å². The number of fused-ring (bicyclic) bond motifs is 1. The van der Waals surface area contributed by atoms with Crippen molar-refractivity contribution in [2.75, 3.05) is 6.54 Å². The first-order chi connectivity index (χ1) is 7.31. The van der Waals surface area contributed by atoms with Crippen LogP contribution in [0.1, 0.15) is 12.0 Å². The van der Waals surface area contributed by atoms with Crippen molar-refractivity contribution in [3.05, 3.63) is 41.8 Å². The summed E-state index contributed by atoms with van der Waals surface area (Å²) in [4.78, 5) is 4.00. The molecule has 1 aromatic heterocycles. The number of nitrogens with two attached hydrogens (primary N) is 1. The SMILES string of the molecule is NCCCc1cc(F)c2ncccc2c1. The van der Waals surface area contributed by atoms with Crippen molar-refractivity contribution in [3.8, 4) is 0 Å². The lowest BCUT2D eigenvalue weighted by Crippen LogP contribution is -2.00. The molecule has 0 saturated heterocycles. The topological polar surface area (TPSA) is 38.9 Å². The van der Waals surface area contributed by atoms with Gasteiger partial charge in [0.15, 0.2) is 0 Å². The third kappa shape index (κ3) is 2.13. The van der Waals surface area contributed by atoms with Crippen molar-refractivity contribution < 1.29 is 4.39 Å². The van der Waals surface area contributed by atoms with Gasteiger partial charge in [-0.15, -0.1) is 0 Å². The summed E-state index contributed by atoms with van der Waals surface area (Å²) in [7, 11) is 0. The van der Waals surface area contributed by atoms with Crippen LogP contribution in [0, 0.1) is 5.82 Å². The molecule has 0 bridgehead atoms. The lowest BCUT2D eigenvalue weighted by Gasteiger charge is -2.03. The second kappa shape index (κ2) is 4.36. The Morgan fingerprint density at radius 3 is 3.00 bits per heavy atom. The van der Waals surface area contributed by atoms with Crippen LogP contribution in [-0.4, -0.2) is 11.5 Å². The second-order valence-corrected chi connectivity index (χ2v) is 3.54. The molecule has 15 heavy (non-hydrogen) atoms. The standard InChI is InChI=1S/C12H13FN2/c13-11-8-9(3-1-5-14)7-10-4-2-6-15-12(10)11/h2,4,6-8H,1,3,5,14H2. The molecule has 0 saturated carbocycles. The summed E-state index contributed by atoms with van der Waals surface area (Å²) in [6.07, 6.45) is 3.30. The fourth-order valence-electron chi connectivity index (χ4n) is 1.66. The molecule has 0 aliphatic rings. The van der Waals surface area contributed by atoms with E-state index in [0.717, 1.165) is 23.8 Å². The third-order valence-electron chi connectivity index (χ3n) is 2.39. The normalized spacial score (nSPS) is 10.8. The molecule has 0 amide bonds. The number of aromatic nitrogens is 1. The largest absolute Gasteiger partial charge is 0.330 e. The molecule has 0 fully saturated rings. The van der Waals surface area contributed by atoms with Gasteiger partial charge in [0, 0.05) is 11.6 Å². The molecule has 2 N–H and O–H groups in total. The Morgan fingerprint density at radius 1 is 1.33 bits per heavy atom. The van der Waals surface area contributed by atoms with Gasteiger partial charge in [0.05, 0.1) is 0 Å². The van der Waals surface area contributed by atoms with Crippen LogP contribution < -0.4 is 5.73 Å². The van der Waals surface area contributed by atoms with E-state index in [1.54, 1.807) is 12.3 Å². The molecule has 78 valence electrons. The highest BCUT2D eigenvalue weighted by atomic mass is 19.1. The van der Waals surface area contributed by atoms with E-state index in [9.17, 15) is 4.39 Å². The zero-order valence-corrected chi connectivity index (χ0v) is 8.41. The van der Waals surface area contributed by atoms with E-state index in [2.05, 4.69) is 4.98 Å². The third-order valence-corrected chi connectivity index (χ3v) is 2.39. The van der Waals surface area contributed by atoms with Crippen molar-refractivity contribution in [1.29, 1.82) is 0 Å². The molecular weight excluding hydrogens is 191 g/mol. The van der Waals surface area contributed by atoms with Gasteiger partial charge in [-0.05, 0) is 43.1 Å². The quantitative estimate of drug-likeness (QED) is 0.832. The first-order valence-corrected chi connectivity index (χ1v) is 5.04. The van der Waals surface area contributed by atoms with Gasteiger partial charge in [0.2, 0.25) is 0 Å². The van der Waals surface area contributed by atoms with Gasteiger partial charge >= 0.3 is 0 Å². The molecule has 0 atom stereocenters. The molecule has 1 heterocycles. The van der Waals surface area contributed by atoms with Crippen LogP contribution in [0.25, 0.3) is 10.9 Å². The Labute approximate surface area is 87.9 Å². The molecule has 3 heteroatoms. The molecule has 0 aliphatic carbocycles. The molecule has 2 rings (SSSR count). The Bertz CT molecular complexity index is 468. The van der Waals surface area contributed by atoms with Crippen LogP contribution in [0.2, 0.25) is 0 Å². The highest BCUT2D eigenvalue weighted by Gasteiger charge is 2.03. The van der Waals surface area contributed by atoms with E-state index in [0.29, 0.717) is 12.1 Å². The smallest absolute Gasteiger partial charge is 0.149 e. The Hall–Kier alpha value is -1.48. The fourth-order valence-corrected chi connectivity index (χ4v) is 1.66. The Balaban J connectivity index is 2.43. The van der Waals surface area contributed by atoms with Crippen molar-refractivity contribution in [1.82, 2.24) is 4.98 Å². The average Bonchev–Trinajstić information content (AvgIpc) is 2.26. The van der Waals surface area contributed by atoms with Crippen LogP contribution in [-0.2, 0) is 6.42 Å². The number of hydrogen-bond acceptors (Lipinski definition) is 2. The van der Waals surface area contributed by atoms with Crippen LogP contribution >= 0.6 is 0 Å². The van der Waals surface area contributed by atoms with E-state index in [4.69, 9.17) is 5.73 Å². The Morgan fingerprint density at radius 2 is 2.20 bits per heavy atom. The van der Waals surface area contributed by atoms with Crippen LogP contribution in [0.5, 0.6) is 0 Å². The summed E-state index contributed by atoms with van der Waals surface area (Å²) >= 11 is 0. The number of pyridine rings is 1. The van der Waals surface area contributed by atoms with Gasteiger partial charge < -0.3 is 5.73 Å². The monoisotopic (exact) mass is 204 g/mol. The molecule has 2 nitrogen and oxygen atoms in total. The minimum atomic E-state index is -0.250. The highest BCUT2D eigenvalue weighted by Crippen LogP contribution is 2.18. The van der Waals surface area contributed by atoms with E-state index in [1.165, 1.54) is 0 Å². The maximum atomic E-state index is 13.6. The van der Waals surface area contributed by atoms with Gasteiger partial charge in [-0.1, -0.05) is 6.07 Å². The molecular formula is C12H13FN2. The van der Waals surface area contributed by atoms with Crippen LogP contribution in [0.4, 0.5) is 4.39 Å². The number of benzene rings is 1. The van der Waals surface area contributed by atoms with Crippen LogP contribution in [0.3, 0.4) is 0 Å². The van der Waals surface area contributed by atoms with Gasteiger partial charge in [0.25, 0.3) is 0 Å². The lowest BCUT2D eigenvalue weighted by molar-refractivity contribution is 0.633. The first-order valence-electron chi connectivity index (χ1n) is 5.04. The zero-order chi connectivity index (χ0) is 10.7. The number of halogens is 1. The van der Waals surface area contributed by atoms with Crippen molar-refractivity contribution >= 4 is 10.9 Å². The number of aryl methyl sites for hydroxylation is 1. The molecule has 2 aromatic rings. The summed E-state index contributed by atoms with van der Waals surface area (Å²) in [5.74, 6) is -0.250. The lowest BCUT2D eigenvalue weighted by atomic mass is 10.1. The zero-order valence-electron chi connectivity index (χ0n) is 8.41. The van der Waals surface area contributed by atoms with Crippen LogP contribution in [0.15, 0.2) is 30.5 Å². The van der Waals surface area contributed by atoms with Crippen molar-refractivity contribution in [3.63, 3.8) is 0 Å². The average molecular weight is 204 g/mol. The van der Waals surface area contributed by atoms with Gasteiger partial charge in [0.1, 0.15) is 11.3 Å². The number of rotatable bonds is 3. The predicted molar refractivity (Wildman–Crippen MR) is 59.1 cm³/mol. The van der Waals surface area contributed by atoms with Gasteiger partial charge in [-0.3, -0.25) is 4.98 Å². The van der Waals surface area contributed by atoms with E-state index in [-0.39, 0.29) is 5.82 Å². The fraction of sp³-hybridized carbons (Fsp3) is 0.250. The molecule has 1 aromatic carbocycles. The van der Waals surface area contributed by atoms with Crippen molar-refractivity contribution in [2.24, 2.45) is 5.73 Å². The summed E-state index contributed by atoms with van der Waals surface area (Å²) in [5, 5.41) is 0.851. The first kappa shape index (κ1) is 10.1. The maximum Gasteiger partial charge on any atom is 0.149 e. The molecule has 0 spiro atoms. The van der Waals surface area contributed by atoms with Crippen molar-refractivity contribution in [2.45, 2.75) is 12.8 Å². The van der Waals surface area contributed by atoms with E-state index >= 15 is 0 Å². The molecule has 0 radical (unpaired) electrons. The number of hydrogen-bond donors (Lipinski definition) is 1. The molecule has 0 aliphatic heterocycles. The van der Waals surface area contributed by atoms with Gasteiger partial charge in [-0.25, -0.2) is 4.39 Å². The summed E-state index contributed by atoms with van der Waals surface area (Å²) in [6, 6.07) is 7.21. The predicted octanol–water partition coefficient (Wildman–Crippen LogP) is 2.27. The summed E-state index contributed by atoms with van der Waals surface area (Å²) < 4.78 is 13.6.